The van der Waals surface area contributed by atoms with Crippen molar-refractivity contribution in [2.75, 3.05) is 0 Å². The van der Waals surface area contributed by atoms with Crippen molar-refractivity contribution >= 4 is 44.0 Å². The van der Waals surface area contributed by atoms with Crippen molar-refractivity contribution in [1.82, 2.24) is 5.43 Å². The Bertz CT molecular complexity index is 1050. The lowest BCUT2D eigenvalue weighted by molar-refractivity contribution is -0.120. The van der Waals surface area contributed by atoms with Crippen LogP contribution in [0.3, 0.4) is 0 Å². The highest BCUT2D eigenvalue weighted by Crippen LogP contribution is 2.35. The Morgan fingerprint density at radius 3 is 2.37 bits per heavy atom. The maximum Gasteiger partial charge on any atom is 0.244 e. The van der Waals surface area contributed by atoms with Crippen LogP contribution in [0.2, 0.25) is 0 Å². The molecule has 0 bridgehead atoms. The monoisotopic (exact) mass is 536 g/mol. The molecule has 0 aliphatic rings. The number of hydrazone groups is 1. The molecule has 8 heteroatoms. The molecule has 0 fully saturated rings. The minimum atomic E-state index is -0.352. The van der Waals surface area contributed by atoms with Gasteiger partial charge in [0.15, 0.2) is 0 Å². The number of benzene rings is 3. The number of amides is 1. The van der Waals surface area contributed by atoms with Gasteiger partial charge in [0.1, 0.15) is 24.0 Å². The summed E-state index contributed by atoms with van der Waals surface area (Å²) in [7, 11) is 0. The zero-order valence-corrected chi connectivity index (χ0v) is 18.7. The van der Waals surface area contributed by atoms with Crippen LogP contribution in [-0.4, -0.2) is 12.1 Å². The van der Waals surface area contributed by atoms with Crippen LogP contribution < -0.4 is 10.2 Å². The maximum atomic E-state index is 13.7. The van der Waals surface area contributed by atoms with Crippen molar-refractivity contribution in [3.8, 4) is 5.75 Å². The molecule has 0 radical (unpaired) electrons. The summed E-state index contributed by atoms with van der Waals surface area (Å²) in [5, 5.41) is 3.94. The van der Waals surface area contributed by atoms with Gasteiger partial charge in [-0.1, -0.05) is 30.3 Å². The molecule has 0 aliphatic carbocycles. The number of hydrogen-bond acceptors (Lipinski definition) is 3. The van der Waals surface area contributed by atoms with E-state index in [0.717, 1.165) is 0 Å². The van der Waals surface area contributed by atoms with E-state index >= 15 is 0 Å². The molecule has 0 spiro atoms. The van der Waals surface area contributed by atoms with Crippen LogP contribution in [-0.2, 0) is 17.8 Å². The van der Waals surface area contributed by atoms with Crippen molar-refractivity contribution in [2.45, 2.75) is 13.0 Å². The molecule has 3 aromatic carbocycles. The average Bonchev–Trinajstić information content (AvgIpc) is 2.70. The molecule has 1 N–H and O–H groups in total. The van der Waals surface area contributed by atoms with E-state index in [1.807, 2.05) is 0 Å². The fraction of sp³-hybridized carbons (Fsp3) is 0.0909. The SMILES string of the molecule is O=C(Cc1ccc(F)cc1)N/N=C/c1cc(Br)c(OCc2ccccc2F)c(Br)c1. The smallest absolute Gasteiger partial charge is 0.244 e. The zero-order chi connectivity index (χ0) is 21.5. The molecule has 0 aliphatic heterocycles. The Labute approximate surface area is 189 Å². The average molecular weight is 538 g/mol. The van der Waals surface area contributed by atoms with E-state index in [4.69, 9.17) is 4.74 Å². The van der Waals surface area contributed by atoms with Crippen molar-refractivity contribution in [3.63, 3.8) is 0 Å². The van der Waals surface area contributed by atoms with Crippen molar-refractivity contribution in [2.24, 2.45) is 5.10 Å². The summed E-state index contributed by atoms with van der Waals surface area (Å²) >= 11 is 6.87. The predicted molar refractivity (Wildman–Crippen MR) is 118 cm³/mol. The van der Waals surface area contributed by atoms with Gasteiger partial charge in [-0.15, -0.1) is 0 Å². The highest BCUT2D eigenvalue weighted by atomic mass is 79.9. The first kappa shape index (κ1) is 22.1. The van der Waals surface area contributed by atoms with E-state index in [1.165, 1.54) is 24.4 Å². The third-order valence-corrected chi connectivity index (χ3v) is 5.21. The molecule has 154 valence electrons. The van der Waals surface area contributed by atoms with Crippen LogP contribution >= 0.6 is 31.9 Å². The van der Waals surface area contributed by atoms with Crippen molar-refractivity contribution in [1.29, 1.82) is 0 Å². The lowest BCUT2D eigenvalue weighted by Gasteiger charge is -2.11. The van der Waals surface area contributed by atoms with Gasteiger partial charge in [0.2, 0.25) is 5.91 Å². The van der Waals surface area contributed by atoms with E-state index < -0.39 is 0 Å². The molecular weight excluding hydrogens is 522 g/mol. The molecule has 3 aromatic rings. The zero-order valence-electron chi connectivity index (χ0n) is 15.5. The van der Waals surface area contributed by atoms with E-state index in [9.17, 15) is 13.6 Å². The second-order valence-corrected chi connectivity index (χ2v) is 8.00. The van der Waals surface area contributed by atoms with Gasteiger partial charge in [0.05, 0.1) is 21.6 Å². The number of hydrogen-bond donors (Lipinski definition) is 1. The normalized spacial score (nSPS) is 10.9. The molecule has 0 saturated carbocycles. The third-order valence-electron chi connectivity index (χ3n) is 4.03. The van der Waals surface area contributed by atoms with Gasteiger partial charge in [-0.25, -0.2) is 14.2 Å². The first-order valence-electron chi connectivity index (χ1n) is 8.84. The molecule has 0 aromatic heterocycles. The van der Waals surface area contributed by atoms with Gasteiger partial charge in [-0.2, -0.15) is 5.10 Å². The second-order valence-electron chi connectivity index (χ2n) is 6.29. The number of carbonyl (C=O) groups is 1. The van der Waals surface area contributed by atoms with E-state index in [2.05, 4.69) is 42.4 Å². The van der Waals surface area contributed by atoms with Gasteiger partial charge in [-0.05, 0) is 73.3 Å². The van der Waals surface area contributed by atoms with Crippen molar-refractivity contribution < 1.29 is 18.3 Å². The molecule has 0 unspecified atom stereocenters. The minimum absolute atomic E-state index is 0.0801. The third kappa shape index (κ3) is 6.21. The Balaban J connectivity index is 1.59. The molecule has 0 heterocycles. The molecule has 3 rings (SSSR count). The summed E-state index contributed by atoms with van der Waals surface area (Å²) in [5.74, 6) is -0.476. The minimum Gasteiger partial charge on any atom is -0.486 e. The predicted octanol–water partition coefficient (Wildman–Crippen LogP) is 5.76. The van der Waals surface area contributed by atoms with E-state index in [-0.39, 0.29) is 30.6 Å². The summed E-state index contributed by atoms with van der Waals surface area (Å²) in [5.41, 5.74) is 4.27. The van der Waals surface area contributed by atoms with Crippen molar-refractivity contribution in [3.05, 3.63) is 97.9 Å². The summed E-state index contributed by atoms with van der Waals surface area (Å²) in [4.78, 5) is 11.9. The number of rotatable bonds is 7. The van der Waals surface area contributed by atoms with Crippen LogP contribution in [0, 0.1) is 11.6 Å². The molecule has 0 saturated heterocycles. The Morgan fingerprint density at radius 2 is 1.70 bits per heavy atom. The second kappa shape index (κ2) is 10.4. The molecular formula is C22H16Br2F2N2O2. The van der Waals surface area contributed by atoms with Crippen LogP contribution in [0.5, 0.6) is 5.75 Å². The lowest BCUT2D eigenvalue weighted by Crippen LogP contribution is -2.19. The fourth-order valence-corrected chi connectivity index (χ4v) is 4.01. The number of carbonyl (C=O) groups excluding carboxylic acids is 1. The first-order chi connectivity index (χ1) is 14.4. The van der Waals surface area contributed by atoms with Crippen LogP contribution in [0.1, 0.15) is 16.7 Å². The molecule has 0 atom stereocenters. The van der Waals surface area contributed by atoms with Gasteiger partial charge >= 0.3 is 0 Å². The molecule has 4 nitrogen and oxygen atoms in total. The Hall–Kier alpha value is -2.58. The summed E-state index contributed by atoms with van der Waals surface area (Å²) < 4.78 is 33.7. The Kier molecular flexibility index (Phi) is 7.70. The van der Waals surface area contributed by atoms with Gasteiger partial charge < -0.3 is 4.74 Å². The standard InChI is InChI=1S/C22H16Br2F2N2O2/c23-18-9-15(12-27-28-21(29)11-14-5-7-17(25)8-6-14)10-19(24)22(18)30-13-16-3-1-2-4-20(16)26/h1-10,12H,11,13H2,(H,28,29)/b27-12+. The summed E-state index contributed by atoms with van der Waals surface area (Å²) in [6, 6.07) is 15.6. The number of halogens is 4. The number of nitrogens with one attached hydrogen (secondary N) is 1. The highest BCUT2D eigenvalue weighted by molar-refractivity contribution is 9.11. The van der Waals surface area contributed by atoms with Crippen LogP contribution in [0.25, 0.3) is 0 Å². The molecule has 1 amide bonds. The number of nitrogens with zero attached hydrogens (tertiary/aromatic N) is 1. The van der Waals surface area contributed by atoms with Crippen LogP contribution in [0.15, 0.2) is 74.7 Å². The van der Waals surface area contributed by atoms with Gasteiger partial charge in [0.25, 0.3) is 0 Å². The summed E-state index contributed by atoms with van der Waals surface area (Å²) in [6.45, 7) is 0.0801. The number of ether oxygens (including phenoxy) is 1. The largest absolute Gasteiger partial charge is 0.486 e. The topological polar surface area (TPSA) is 50.7 Å². The van der Waals surface area contributed by atoms with E-state index in [0.29, 0.717) is 31.4 Å². The summed E-state index contributed by atoms with van der Waals surface area (Å²) in [6.07, 6.45) is 1.58. The van der Waals surface area contributed by atoms with Crippen LogP contribution in [0.4, 0.5) is 8.78 Å². The Morgan fingerprint density at radius 1 is 1.03 bits per heavy atom. The fourth-order valence-electron chi connectivity index (χ4n) is 2.56. The lowest BCUT2D eigenvalue weighted by atomic mass is 10.1. The van der Waals surface area contributed by atoms with E-state index in [1.54, 1.807) is 42.5 Å². The highest BCUT2D eigenvalue weighted by Gasteiger charge is 2.10. The quantitative estimate of drug-likeness (QED) is 0.307. The maximum absolute atomic E-state index is 13.7. The molecule has 30 heavy (non-hydrogen) atoms. The van der Waals surface area contributed by atoms with Gasteiger partial charge in [0, 0.05) is 5.56 Å². The first-order valence-corrected chi connectivity index (χ1v) is 10.4. The van der Waals surface area contributed by atoms with Gasteiger partial charge in [-0.3, -0.25) is 4.79 Å².